The molecule has 3 heteroatoms. The van der Waals surface area contributed by atoms with Crippen LogP contribution in [0, 0.1) is 5.92 Å². The molecule has 0 bridgehead atoms. The second-order valence-corrected chi connectivity index (χ2v) is 6.19. The third-order valence-electron chi connectivity index (χ3n) is 3.99. The molecule has 1 fully saturated rings. The van der Waals surface area contributed by atoms with Crippen LogP contribution >= 0.6 is 0 Å². The number of hydrogen-bond donors (Lipinski definition) is 1. The van der Waals surface area contributed by atoms with Gasteiger partial charge in [0.2, 0.25) is 0 Å². The summed E-state index contributed by atoms with van der Waals surface area (Å²) < 4.78 is 0. The Labute approximate surface area is 117 Å². The van der Waals surface area contributed by atoms with Gasteiger partial charge in [-0.3, -0.25) is 0 Å². The summed E-state index contributed by atoms with van der Waals surface area (Å²) in [5.74, 6) is 0.656. The van der Waals surface area contributed by atoms with E-state index in [1.165, 1.54) is 11.4 Å². The number of nitrogens with zero attached hydrogens (tertiary/aromatic N) is 2. The van der Waals surface area contributed by atoms with Crippen LogP contribution in [0.3, 0.4) is 0 Å². The minimum atomic E-state index is 0.554. The van der Waals surface area contributed by atoms with E-state index in [0.717, 1.165) is 13.1 Å². The van der Waals surface area contributed by atoms with Gasteiger partial charge in [-0.1, -0.05) is 19.9 Å². The van der Waals surface area contributed by atoms with E-state index in [1.807, 2.05) is 0 Å². The van der Waals surface area contributed by atoms with Crippen LogP contribution < -0.4 is 15.1 Å². The molecule has 1 heterocycles. The molecular weight excluding hydrogens is 234 g/mol. The van der Waals surface area contributed by atoms with Gasteiger partial charge in [-0.05, 0) is 31.0 Å². The molecule has 1 aromatic rings. The van der Waals surface area contributed by atoms with E-state index in [9.17, 15) is 0 Å². The highest BCUT2D eigenvalue weighted by Crippen LogP contribution is 2.27. The minimum absolute atomic E-state index is 0.554. The summed E-state index contributed by atoms with van der Waals surface area (Å²) in [6, 6.07) is 9.99. The number of piperazine rings is 1. The Balaban J connectivity index is 2.28. The molecule has 1 saturated heterocycles. The maximum atomic E-state index is 3.60. The van der Waals surface area contributed by atoms with E-state index in [-0.39, 0.29) is 0 Å². The van der Waals surface area contributed by atoms with Crippen molar-refractivity contribution in [1.29, 1.82) is 0 Å². The van der Waals surface area contributed by atoms with Gasteiger partial charge in [0.1, 0.15) is 0 Å². The van der Waals surface area contributed by atoms with Crippen LogP contribution in [0.4, 0.5) is 11.4 Å². The molecule has 1 aromatic carbocycles. The van der Waals surface area contributed by atoms with Crippen LogP contribution in [0.25, 0.3) is 0 Å². The average molecular weight is 261 g/mol. The van der Waals surface area contributed by atoms with E-state index in [2.05, 4.69) is 74.2 Å². The Kier molecular flexibility index (Phi) is 4.35. The van der Waals surface area contributed by atoms with E-state index < -0.39 is 0 Å². The van der Waals surface area contributed by atoms with Crippen molar-refractivity contribution in [2.75, 3.05) is 37.0 Å². The molecule has 1 N–H and O–H groups in total. The maximum absolute atomic E-state index is 3.60. The molecular formula is C16H27N3. The molecule has 0 radical (unpaired) electrons. The SMILES string of the molecule is CC1CN(c2cccc(N(C)C)c2)C(C(C)C)CN1. The second-order valence-electron chi connectivity index (χ2n) is 6.19. The molecule has 106 valence electrons. The Morgan fingerprint density at radius 1 is 1.32 bits per heavy atom. The Morgan fingerprint density at radius 3 is 2.68 bits per heavy atom. The first-order chi connectivity index (χ1) is 8.99. The lowest BCUT2D eigenvalue weighted by Gasteiger charge is -2.43. The van der Waals surface area contributed by atoms with Crippen LogP contribution in [-0.2, 0) is 0 Å². The zero-order valence-electron chi connectivity index (χ0n) is 12.9. The summed E-state index contributed by atoms with van der Waals surface area (Å²) in [7, 11) is 4.19. The van der Waals surface area contributed by atoms with Gasteiger partial charge >= 0.3 is 0 Å². The molecule has 0 amide bonds. The predicted molar refractivity (Wildman–Crippen MR) is 84.2 cm³/mol. The summed E-state index contributed by atoms with van der Waals surface area (Å²) in [6.07, 6.45) is 0. The van der Waals surface area contributed by atoms with Crippen LogP contribution in [0.1, 0.15) is 20.8 Å². The van der Waals surface area contributed by atoms with Gasteiger partial charge in [0.15, 0.2) is 0 Å². The average Bonchev–Trinajstić information content (AvgIpc) is 2.38. The number of rotatable bonds is 3. The monoisotopic (exact) mass is 261 g/mol. The van der Waals surface area contributed by atoms with Gasteiger partial charge in [-0.25, -0.2) is 0 Å². The lowest BCUT2D eigenvalue weighted by Crippen LogP contribution is -2.57. The number of nitrogens with one attached hydrogen (secondary N) is 1. The van der Waals surface area contributed by atoms with Crippen LogP contribution in [0.15, 0.2) is 24.3 Å². The van der Waals surface area contributed by atoms with Gasteiger partial charge in [-0.15, -0.1) is 0 Å². The van der Waals surface area contributed by atoms with Crippen LogP contribution in [0.2, 0.25) is 0 Å². The molecule has 2 atom stereocenters. The molecule has 2 rings (SSSR count). The fourth-order valence-corrected chi connectivity index (χ4v) is 2.77. The third-order valence-corrected chi connectivity index (χ3v) is 3.99. The Hall–Kier alpha value is -1.22. The first-order valence-electron chi connectivity index (χ1n) is 7.26. The molecule has 0 aromatic heterocycles. The maximum Gasteiger partial charge on any atom is 0.0438 e. The van der Waals surface area contributed by atoms with Crippen molar-refractivity contribution in [3.8, 4) is 0 Å². The summed E-state index contributed by atoms with van der Waals surface area (Å²) in [5.41, 5.74) is 2.62. The first-order valence-corrected chi connectivity index (χ1v) is 7.26. The Bertz CT molecular complexity index is 414. The highest BCUT2D eigenvalue weighted by molar-refractivity contribution is 5.59. The van der Waals surface area contributed by atoms with Gasteiger partial charge in [0.05, 0.1) is 0 Å². The highest BCUT2D eigenvalue weighted by Gasteiger charge is 2.28. The molecule has 1 aliphatic heterocycles. The van der Waals surface area contributed by atoms with Crippen molar-refractivity contribution in [3.63, 3.8) is 0 Å². The van der Waals surface area contributed by atoms with Crippen LogP contribution in [-0.4, -0.2) is 39.3 Å². The normalized spacial score (nSPS) is 23.8. The lowest BCUT2D eigenvalue weighted by molar-refractivity contribution is 0.349. The van der Waals surface area contributed by atoms with E-state index >= 15 is 0 Å². The Morgan fingerprint density at radius 2 is 2.05 bits per heavy atom. The second kappa shape index (κ2) is 5.83. The molecule has 3 nitrogen and oxygen atoms in total. The first kappa shape index (κ1) is 14.2. The smallest absolute Gasteiger partial charge is 0.0438 e. The van der Waals surface area contributed by atoms with Gasteiger partial charge in [0.25, 0.3) is 0 Å². The molecule has 1 aliphatic rings. The largest absolute Gasteiger partial charge is 0.378 e. The molecule has 0 aliphatic carbocycles. The molecule has 19 heavy (non-hydrogen) atoms. The number of benzene rings is 1. The van der Waals surface area contributed by atoms with Crippen molar-refractivity contribution in [2.24, 2.45) is 5.92 Å². The van der Waals surface area contributed by atoms with Gasteiger partial charge in [0, 0.05) is 50.6 Å². The van der Waals surface area contributed by atoms with E-state index in [0.29, 0.717) is 18.0 Å². The summed E-state index contributed by atoms with van der Waals surface area (Å²) >= 11 is 0. The third kappa shape index (κ3) is 3.21. The lowest BCUT2D eigenvalue weighted by atomic mass is 9.98. The van der Waals surface area contributed by atoms with Crippen molar-refractivity contribution in [3.05, 3.63) is 24.3 Å². The predicted octanol–water partition coefficient (Wildman–Crippen LogP) is 2.58. The quantitative estimate of drug-likeness (QED) is 0.902. The minimum Gasteiger partial charge on any atom is -0.378 e. The van der Waals surface area contributed by atoms with E-state index in [1.54, 1.807) is 0 Å². The van der Waals surface area contributed by atoms with E-state index in [4.69, 9.17) is 0 Å². The number of anilines is 2. The zero-order valence-corrected chi connectivity index (χ0v) is 12.9. The van der Waals surface area contributed by atoms with Crippen molar-refractivity contribution in [2.45, 2.75) is 32.9 Å². The fraction of sp³-hybridized carbons (Fsp3) is 0.625. The van der Waals surface area contributed by atoms with Crippen molar-refractivity contribution >= 4 is 11.4 Å². The summed E-state index contributed by atoms with van der Waals surface area (Å²) in [5, 5.41) is 3.60. The van der Waals surface area contributed by atoms with Crippen molar-refractivity contribution in [1.82, 2.24) is 5.32 Å². The summed E-state index contributed by atoms with van der Waals surface area (Å²) in [6.45, 7) is 9.04. The molecule has 2 unspecified atom stereocenters. The highest BCUT2D eigenvalue weighted by atomic mass is 15.2. The standard InChI is InChI=1S/C16H27N3/c1-12(2)16-10-17-13(3)11-19(16)15-8-6-7-14(9-15)18(4)5/h6-9,12-13,16-17H,10-11H2,1-5H3. The zero-order chi connectivity index (χ0) is 14.0. The topological polar surface area (TPSA) is 18.5 Å². The van der Waals surface area contributed by atoms with Gasteiger partial charge in [-0.2, -0.15) is 0 Å². The van der Waals surface area contributed by atoms with Crippen molar-refractivity contribution < 1.29 is 0 Å². The summed E-state index contributed by atoms with van der Waals surface area (Å²) in [4.78, 5) is 4.73. The molecule has 0 saturated carbocycles. The number of hydrogen-bond acceptors (Lipinski definition) is 3. The van der Waals surface area contributed by atoms with Crippen LogP contribution in [0.5, 0.6) is 0 Å². The molecule has 0 spiro atoms. The van der Waals surface area contributed by atoms with Gasteiger partial charge < -0.3 is 15.1 Å². The fourth-order valence-electron chi connectivity index (χ4n) is 2.77.